The maximum absolute atomic E-state index is 13.5. The van der Waals surface area contributed by atoms with Crippen molar-refractivity contribution in [2.75, 3.05) is 12.9 Å². The van der Waals surface area contributed by atoms with Crippen molar-refractivity contribution in [2.24, 2.45) is 0 Å². The van der Waals surface area contributed by atoms with E-state index in [-0.39, 0.29) is 16.5 Å². The lowest BCUT2D eigenvalue weighted by atomic mass is 9.87. The third kappa shape index (κ3) is 4.47. The SMILES string of the molecule is CC[C@@H](O)C[C@@]1(CC)CS(=O)(=O)c2ccc(OC)cc2[C@H](c2ccc(F)cc2)N1. The molecular weight excluding hydrogens is 393 g/mol. The van der Waals surface area contributed by atoms with E-state index in [0.29, 0.717) is 30.6 Å². The first-order chi connectivity index (χ1) is 13.7. The van der Waals surface area contributed by atoms with E-state index in [1.807, 2.05) is 13.8 Å². The largest absolute Gasteiger partial charge is 0.497 e. The Bertz CT molecular complexity index is 961. The molecule has 3 rings (SSSR count). The third-order valence-corrected chi connectivity index (χ3v) is 7.73. The summed E-state index contributed by atoms with van der Waals surface area (Å²) in [6.07, 6.45) is 0.738. The number of rotatable bonds is 6. The van der Waals surface area contributed by atoms with Gasteiger partial charge in [-0.15, -0.1) is 0 Å². The molecule has 7 heteroatoms. The Morgan fingerprint density at radius 1 is 1.24 bits per heavy atom. The van der Waals surface area contributed by atoms with Crippen LogP contribution in [0, 0.1) is 5.82 Å². The number of aliphatic hydroxyl groups excluding tert-OH is 1. The van der Waals surface area contributed by atoms with Crippen LogP contribution < -0.4 is 10.1 Å². The van der Waals surface area contributed by atoms with Crippen molar-refractivity contribution in [2.45, 2.75) is 55.7 Å². The van der Waals surface area contributed by atoms with Gasteiger partial charge < -0.3 is 9.84 Å². The normalized spacial score (nSPS) is 24.4. The van der Waals surface area contributed by atoms with Crippen LogP contribution in [-0.2, 0) is 9.84 Å². The number of ether oxygens (including phenoxy) is 1. The average Bonchev–Trinajstić information content (AvgIpc) is 2.80. The lowest BCUT2D eigenvalue weighted by Gasteiger charge is -2.37. The summed E-state index contributed by atoms with van der Waals surface area (Å²) in [4.78, 5) is 0.237. The number of hydrogen-bond donors (Lipinski definition) is 2. The van der Waals surface area contributed by atoms with Crippen molar-refractivity contribution in [3.8, 4) is 5.75 Å². The molecule has 1 heterocycles. The number of benzene rings is 2. The zero-order valence-corrected chi connectivity index (χ0v) is 17.8. The Labute approximate surface area is 171 Å². The molecule has 0 fully saturated rings. The van der Waals surface area contributed by atoms with Crippen molar-refractivity contribution in [1.29, 1.82) is 0 Å². The fourth-order valence-corrected chi connectivity index (χ4v) is 6.11. The Morgan fingerprint density at radius 2 is 1.93 bits per heavy atom. The minimum atomic E-state index is -3.63. The summed E-state index contributed by atoms with van der Waals surface area (Å²) in [5.41, 5.74) is 0.499. The van der Waals surface area contributed by atoms with E-state index in [9.17, 15) is 17.9 Å². The molecule has 0 saturated carbocycles. The molecule has 3 atom stereocenters. The lowest BCUT2D eigenvalue weighted by molar-refractivity contribution is 0.115. The van der Waals surface area contributed by atoms with Crippen molar-refractivity contribution in [1.82, 2.24) is 5.32 Å². The van der Waals surface area contributed by atoms with Crippen LogP contribution >= 0.6 is 0 Å². The van der Waals surface area contributed by atoms with Gasteiger partial charge in [-0.05, 0) is 60.7 Å². The standard InChI is InChI=1S/C22H28FNO4S/c1-4-17(25)13-22(5-2)14-29(26,27)20-11-10-18(28-3)12-19(20)21(24-22)15-6-8-16(23)9-7-15/h6-12,17,21,24-25H,4-5,13-14H2,1-3H3/t17-,21+,22+/m1/s1. The second kappa shape index (κ2) is 8.42. The first kappa shape index (κ1) is 21.7. The molecule has 1 aliphatic heterocycles. The van der Waals surface area contributed by atoms with Gasteiger partial charge in [-0.25, -0.2) is 12.8 Å². The zero-order chi connectivity index (χ0) is 21.2. The summed E-state index contributed by atoms with van der Waals surface area (Å²) in [5, 5.41) is 13.9. The van der Waals surface area contributed by atoms with Gasteiger partial charge in [0.15, 0.2) is 9.84 Å². The third-order valence-electron chi connectivity index (χ3n) is 5.76. The molecule has 0 saturated heterocycles. The van der Waals surface area contributed by atoms with E-state index < -0.39 is 27.5 Å². The van der Waals surface area contributed by atoms with Crippen LogP contribution in [0.2, 0.25) is 0 Å². The Morgan fingerprint density at radius 3 is 2.52 bits per heavy atom. The number of nitrogens with one attached hydrogen (secondary N) is 1. The summed E-state index contributed by atoms with van der Waals surface area (Å²) in [5.74, 6) is 0.0689. The molecule has 158 valence electrons. The van der Waals surface area contributed by atoms with Gasteiger partial charge in [0.25, 0.3) is 0 Å². The molecule has 0 aliphatic carbocycles. The molecule has 2 N–H and O–H groups in total. The van der Waals surface area contributed by atoms with Crippen LogP contribution in [0.1, 0.15) is 50.3 Å². The quantitative estimate of drug-likeness (QED) is 0.745. The molecule has 1 aliphatic rings. The Balaban J connectivity index is 2.22. The van der Waals surface area contributed by atoms with Crippen molar-refractivity contribution in [3.63, 3.8) is 0 Å². The second-order valence-electron chi connectivity index (χ2n) is 7.69. The Kier molecular flexibility index (Phi) is 6.31. The zero-order valence-electron chi connectivity index (χ0n) is 17.0. The predicted molar refractivity (Wildman–Crippen MR) is 110 cm³/mol. The first-order valence-electron chi connectivity index (χ1n) is 9.85. The predicted octanol–water partition coefficient (Wildman–Crippen LogP) is 3.61. The number of aliphatic hydroxyl groups is 1. The van der Waals surface area contributed by atoms with Crippen molar-refractivity contribution < 1.29 is 22.7 Å². The summed E-state index contributed by atoms with van der Waals surface area (Å²) < 4.78 is 45.6. The van der Waals surface area contributed by atoms with Gasteiger partial charge >= 0.3 is 0 Å². The molecule has 29 heavy (non-hydrogen) atoms. The molecule has 0 radical (unpaired) electrons. The van der Waals surface area contributed by atoms with E-state index in [1.165, 1.54) is 19.2 Å². The van der Waals surface area contributed by atoms with Crippen molar-refractivity contribution in [3.05, 3.63) is 59.4 Å². The molecule has 0 bridgehead atoms. The van der Waals surface area contributed by atoms with Gasteiger partial charge in [-0.1, -0.05) is 26.0 Å². The van der Waals surface area contributed by atoms with Gasteiger partial charge in [0.05, 0.1) is 29.9 Å². The Hall–Kier alpha value is -1.96. The minimum Gasteiger partial charge on any atom is -0.497 e. The molecular formula is C22H28FNO4S. The summed E-state index contributed by atoms with van der Waals surface area (Å²) in [7, 11) is -2.10. The highest BCUT2D eigenvalue weighted by molar-refractivity contribution is 7.91. The minimum absolute atomic E-state index is 0.120. The maximum Gasteiger partial charge on any atom is 0.180 e. The second-order valence-corrected chi connectivity index (χ2v) is 9.65. The molecule has 0 amide bonds. The van der Waals surface area contributed by atoms with E-state index in [4.69, 9.17) is 4.74 Å². The van der Waals surface area contributed by atoms with Crippen LogP contribution in [0.3, 0.4) is 0 Å². The van der Waals surface area contributed by atoms with E-state index in [1.54, 1.807) is 30.3 Å². The number of halogens is 1. The molecule has 5 nitrogen and oxygen atoms in total. The van der Waals surface area contributed by atoms with Crippen LogP contribution in [0.4, 0.5) is 4.39 Å². The van der Waals surface area contributed by atoms with Crippen molar-refractivity contribution >= 4 is 9.84 Å². The monoisotopic (exact) mass is 421 g/mol. The van der Waals surface area contributed by atoms with Gasteiger partial charge in [0, 0.05) is 5.54 Å². The number of sulfone groups is 1. The van der Waals surface area contributed by atoms with Gasteiger partial charge in [-0.3, -0.25) is 5.32 Å². The van der Waals surface area contributed by atoms with Crippen LogP contribution in [0.25, 0.3) is 0 Å². The van der Waals surface area contributed by atoms with E-state index in [0.717, 1.165) is 5.56 Å². The number of methoxy groups -OCH3 is 1. The summed E-state index contributed by atoms with van der Waals surface area (Å²) in [6, 6.07) is 10.5. The first-order valence-corrected chi connectivity index (χ1v) is 11.5. The smallest absolute Gasteiger partial charge is 0.180 e. The average molecular weight is 422 g/mol. The molecule has 2 aromatic carbocycles. The number of hydrogen-bond acceptors (Lipinski definition) is 5. The van der Waals surface area contributed by atoms with Crippen LogP contribution in [0.5, 0.6) is 5.75 Å². The lowest BCUT2D eigenvalue weighted by Crippen LogP contribution is -2.52. The number of fused-ring (bicyclic) bond motifs is 1. The fraction of sp³-hybridized carbons (Fsp3) is 0.455. The molecule has 0 aromatic heterocycles. The highest BCUT2D eigenvalue weighted by Gasteiger charge is 2.43. The fourth-order valence-electron chi connectivity index (χ4n) is 4.01. The highest BCUT2D eigenvalue weighted by Crippen LogP contribution is 2.39. The molecule has 0 spiro atoms. The molecule has 2 aromatic rings. The van der Waals surface area contributed by atoms with E-state index in [2.05, 4.69) is 5.32 Å². The van der Waals surface area contributed by atoms with Crippen LogP contribution in [-0.4, -0.2) is 38.0 Å². The van der Waals surface area contributed by atoms with Crippen LogP contribution in [0.15, 0.2) is 47.4 Å². The van der Waals surface area contributed by atoms with Gasteiger partial charge in [0.2, 0.25) is 0 Å². The topological polar surface area (TPSA) is 75.6 Å². The van der Waals surface area contributed by atoms with Gasteiger partial charge in [-0.2, -0.15) is 0 Å². The summed E-state index contributed by atoms with van der Waals surface area (Å²) >= 11 is 0. The van der Waals surface area contributed by atoms with E-state index >= 15 is 0 Å². The highest BCUT2D eigenvalue weighted by atomic mass is 32.2. The molecule has 0 unspecified atom stereocenters. The van der Waals surface area contributed by atoms with Gasteiger partial charge in [0.1, 0.15) is 11.6 Å². The maximum atomic E-state index is 13.5. The summed E-state index contributed by atoms with van der Waals surface area (Å²) in [6.45, 7) is 3.79.